The van der Waals surface area contributed by atoms with Crippen LogP contribution in [0.5, 0.6) is 0 Å². The highest BCUT2D eigenvalue weighted by molar-refractivity contribution is 5.84. The summed E-state index contributed by atoms with van der Waals surface area (Å²) in [6.07, 6.45) is 3.42. The summed E-state index contributed by atoms with van der Waals surface area (Å²) < 4.78 is 0. The van der Waals surface area contributed by atoms with Gasteiger partial charge in [-0.25, -0.2) is 0 Å². The van der Waals surface area contributed by atoms with Crippen LogP contribution in [-0.4, -0.2) is 13.0 Å². The molecule has 3 fully saturated rings. The predicted octanol–water partition coefficient (Wildman–Crippen LogP) is 1.17. The van der Waals surface area contributed by atoms with Gasteiger partial charge in [0.15, 0.2) is 0 Å². The fourth-order valence-electron chi connectivity index (χ4n) is 2.84. The van der Waals surface area contributed by atoms with Crippen LogP contribution in [0.1, 0.15) is 26.2 Å². The lowest BCUT2D eigenvalue weighted by Gasteiger charge is -2.36. The first-order valence-electron chi connectivity index (χ1n) is 4.40. The summed E-state index contributed by atoms with van der Waals surface area (Å²) in [5.41, 5.74) is 0.0683. The second-order valence-corrected chi connectivity index (χ2v) is 4.21. The van der Waals surface area contributed by atoms with Crippen LogP contribution in [0.2, 0.25) is 0 Å². The summed E-state index contributed by atoms with van der Waals surface area (Å²) in [5.74, 6) is 1.91. The Kier molecular flexibility index (Phi) is 1.29. The normalized spacial score (nSPS) is 46.7. The van der Waals surface area contributed by atoms with Gasteiger partial charge in [-0.15, -0.1) is 0 Å². The van der Waals surface area contributed by atoms with Gasteiger partial charge in [0, 0.05) is 12.5 Å². The summed E-state index contributed by atoms with van der Waals surface area (Å²) in [4.78, 5) is 11.4. The lowest BCUT2D eigenvalue weighted by Crippen LogP contribution is -2.42. The number of amides is 1. The van der Waals surface area contributed by atoms with Crippen molar-refractivity contribution < 1.29 is 4.79 Å². The lowest BCUT2D eigenvalue weighted by molar-refractivity contribution is -0.134. The molecule has 2 nitrogen and oxygen atoms in total. The van der Waals surface area contributed by atoms with Crippen LogP contribution in [0, 0.1) is 17.3 Å². The zero-order chi connectivity index (χ0) is 8.06. The van der Waals surface area contributed by atoms with Gasteiger partial charge in [-0.3, -0.25) is 4.79 Å². The molecule has 3 aliphatic carbocycles. The number of fused-ring (bicyclic) bond motifs is 1. The Morgan fingerprint density at radius 3 is 2.45 bits per heavy atom. The molecule has 0 aromatic rings. The fraction of sp³-hybridized carbons (Fsp3) is 0.889. The fourth-order valence-corrected chi connectivity index (χ4v) is 2.84. The molecule has 0 aliphatic heterocycles. The standard InChI is InChI=1S/C9H15NO/c1-6-3-9(8(11)10-2)4-7(6)5-9/h6-7H,3-5H2,1-2H3,(H,10,11)/t6-,7?,9?/m1/s1. The first-order chi connectivity index (χ1) is 5.18. The molecule has 0 spiro atoms. The van der Waals surface area contributed by atoms with Gasteiger partial charge in [0.05, 0.1) is 0 Å². The van der Waals surface area contributed by atoms with Crippen molar-refractivity contribution in [3.63, 3.8) is 0 Å². The third kappa shape index (κ3) is 0.754. The van der Waals surface area contributed by atoms with Crippen molar-refractivity contribution in [2.45, 2.75) is 26.2 Å². The van der Waals surface area contributed by atoms with E-state index in [0.717, 1.165) is 31.1 Å². The maximum absolute atomic E-state index is 11.4. The molecule has 2 heteroatoms. The van der Waals surface area contributed by atoms with Gasteiger partial charge >= 0.3 is 0 Å². The molecule has 3 saturated carbocycles. The van der Waals surface area contributed by atoms with Crippen LogP contribution in [-0.2, 0) is 4.79 Å². The Bertz CT molecular complexity index is 194. The molecule has 0 aromatic carbocycles. The molecule has 0 unspecified atom stereocenters. The zero-order valence-corrected chi connectivity index (χ0v) is 7.18. The molecule has 0 saturated heterocycles. The van der Waals surface area contributed by atoms with Crippen molar-refractivity contribution in [2.75, 3.05) is 7.05 Å². The molecule has 1 amide bonds. The molecular weight excluding hydrogens is 138 g/mol. The highest BCUT2D eigenvalue weighted by Gasteiger charge is 2.58. The molecule has 0 aromatic heterocycles. The van der Waals surface area contributed by atoms with Crippen LogP contribution < -0.4 is 5.32 Å². The SMILES string of the molecule is CNC(=O)C12CC(C1)[C@H](C)C2. The zero-order valence-electron chi connectivity index (χ0n) is 7.18. The Balaban J connectivity index is 2.11. The average Bonchev–Trinajstić information content (AvgIpc) is 2.38. The van der Waals surface area contributed by atoms with Gasteiger partial charge in [0.2, 0.25) is 5.91 Å². The van der Waals surface area contributed by atoms with Gasteiger partial charge < -0.3 is 5.32 Å². The summed E-state index contributed by atoms with van der Waals surface area (Å²) in [5, 5.41) is 2.77. The summed E-state index contributed by atoms with van der Waals surface area (Å²) in [6.45, 7) is 2.27. The van der Waals surface area contributed by atoms with E-state index < -0.39 is 0 Å². The van der Waals surface area contributed by atoms with Crippen LogP contribution in [0.3, 0.4) is 0 Å². The van der Waals surface area contributed by atoms with Gasteiger partial charge in [0.1, 0.15) is 0 Å². The largest absolute Gasteiger partial charge is 0.359 e. The van der Waals surface area contributed by atoms with E-state index in [2.05, 4.69) is 12.2 Å². The Morgan fingerprint density at radius 2 is 2.09 bits per heavy atom. The number of carbonyl (C=O) groups excluding carboxylic acids is 1. The van der Waals surface area contributed by atoms with E-state index in [9.17, 15) is 4.79 Å². The topological polar surface area (TPSA) is 29.1 Å². The van der Waals surface area contributed by atoms with Gasteiger partial charge in [0.25, 0.3) is 0 Å². The van der Waals surface area contributed by atoms with E-state index in [-0.39, 0.29) is 11.3 Å². The van der Waals surface area contributed by atoms with E-state index in [1.807, 2.05) is 0 Å². The van der Waals surface area contributed by atoms with Crippen molar-refractivity contribution in [2.24, 2.45) is 17.3 Å². The number of nitrogens with one attached hydrogen (secondary N) is 1. The Labute approximate surface area is 67.4 Å². The number of hydrogen-bond acceptors (Lipinski definition) is 1. The molecular formula is C9H15NO. The third-order valence-corrected chi connectivity index (χ3v) is 3.53. The van der Waals surface area contributed by atoms with Gasteiger partial charge in [-0.1, -0.05) is 6.92 Å². The first kappa shape index (κ1) is 7.14. The minimum absolute atomic E-state index is 0.0683. The maximum Gasteiger partial charge on any atom is 0.225 e. The molecule has 1 atom stereocenters. The monoisotopic (exact) mass is 153 g/mol. The van der Waals surface area contributed by atoms with Crippen LogP contribution >= 0.6 is 0 Å². The van der Waals surface area contributed by atoms with Crippen molar-refractivity contribution in [1.82, 2.24) is 5.32 Å². The minimum atomic E-state index is 0.0683. The molecule has 1 N–H and O–H groups in total. The van der Waals surface area contributed by atoms with Crippen molar-refractivity contribution in [1.29, 1.82) is 0 Å². The smallest absolute Gasteiger partial charge is 0.225 e. The van der Waals surface area contributed by atoms with E-state index in [4.69, 9.17) is 0 Å². The quantitative estimate of drug-likeness (QED) is 0.602. The average molecular weight is 153 g/mol. The summed E-state index contributed by atoms with van der Waals surface area (Å²) >= 11 is 0. The lowest BCUT2D eigenvalue weighted by atomic mass is 9.69. The summed E-state index contributed by atoms with van der Waals surface area (Å²) in [6, 6.07) is 0. The van der Waals surface area contributed by atoms with Gasteiger partial charge in [-0.05, 0) is 31.1 Å². The second kappa shape index (κ2) is 1.99. The van der Waals surface area contributed by atoms with Crippen LogP contribution in [0.25, 0.3) is 0 Å². The van der Waals surface area contributed by atoms with Crippen LogP contribution in [0.4, 0.5) is 0 Å². The van der Waals surface area contributed by atoms with Crippen molar-refractivity contribution in [3.05, 3.63) is 0 Å². The number of hydrogen-bond donors (Lipinski definition) is 1. The van der Waals surface area contributed by atoms with Gasteiger partial charge in [-0.2, -0.15) is 0 Å². The molecule has 2 bridgehead atoms. The minimum Gasteiger partial charge on any atom is -0.359 e. The molecule has 3 aliphatic rings. The number of carbonyl (C=O) groups is 1. The van der Waals surface area contributed by atoms with E-state index in [1.165, 1.54) is 0 Å². The highest BCUT2D eigenvalue weighted by atomic mass is 16.2. The Hall–Kier alpha value is -0.530. The maximum atomic E-state index is 11.4. The second-order valence-electron chi connectivity index (χ2n) is 4.21. The predicted molar refractivity (Wildman–Crippen MR) is 43.0 cm³/mol. The molecule has 3 rings (SSSR count). The molecule has 0 radical (unpaired) electrons. The third-order valence-electron chi connectivity index (χ3n) is 3.53. The molecule has 11 heavy (non-hydrogen) atoms. The van der Waals surface area contributed by atoms with Crippen molar-refractivity contribution >= 4 is 5.91 Å². The van der Waals surface area contributed by atoms with E-state index >= 15 is 0 Å². The van der Waals surface area contributed by atoms with E-state index in [0.29, 0.717) is 0 Å². The van der Waals surface area contributed by atoms with E-state index in [1.54, 1.807) is 7.05 Å². The Morgan fingerprint density at radius 1 is 1.45 bits per heavy atom. The first-order valence-corrected chi connectivity index (χ1v) is 4.40. The molecule has 0 heterocycles. The molecule has 62 valence electrons. The highest BCUT2D eigenvalue weighted by Crippen LogP contribution is 2.61. The number of rotatable bonds is 1. The van der Waals surface area contributed by atoms with Crippen molar-refractivity contribution in [3.8, 4) is 0 Å². The summed E-state index contributed by atoms with van der Waals surface area (Å²) in [7, 11) is 1.74. The van der Waals surface area contributed by atoms with Crippen LogP contribution in [0.15, 0.2) is 0 Å².